The summed E-state index contributed by atoms with van der Waals surface area (Å²) >= 11 is 0. The van der Waals surface area contributed by atoms with Crippen molar-refractivity contribution in [1.29, 1.82) is 0 Å². The molecule has 2 aromatic rings. The van der Waals surface area contributed by atoms with Gasteiger partial charge in [0.15, 0.2) is 5.82 Å². The Balaban J connectivity index is 1.84. The molecule has 0 saturated heterocycles. The summed E-state index contributed by atoms with van der Waals surface area (Å²) in [6, 6.07) is 8.83. The van der Waals surface area contributed by atoms with Crippen LogP contribution in [0, 0.1) is 0 Å². The number of nitrogens with zero attached hydrogens (tertiary/aromatic N) is 3. The molecular formula is C19H25F3N4O. The van der Waals surface area contributed by atoms with E-state index in [1.807, 2.05) is 25.1 Å². The average molecular weight is 382 g/mol. The Labute approximate surface area is 156 Å². The molecule has 0 aliphatic heterocycles. The minimum absolute atomic E-state index is 0.0474. The average Bonchev–Trinajstić information content (AvgIpc) is 3.03. The van der Waals surface area contributed by atoms with Gasteiger partial charge in [0.25, 0.3) is 0 Å². The Morgan fingerprint density at radius 3 is 2.59 bits per heavy atom. The Morgan fingerprint density at radius 1 is 1.22 bits per heavy atom. The maximum atomic E-state index is 13.0. The molecule has 5 nitrogen and oxygen atoms in total. The van der Waals surface area contributed by atoms with Crippen molar-refractivity contribution in [3.63, 3.8) is 0 Å². The van der Waals surface area contributed by atoms with Gasteiger partial charge in [0.2, 0.25) is 0 Å². The van der Waals surface area contributed by atoms with E-state index in [2.05, 4.69) is 10.1 Å². The molecule has 3 atom stereocenters. The third-order valence-corrected chi connectivity index (χ3v) is 4.80. The summed E-state index contributed by atoms with van der Waals surface area (Å²) in [7, 11) is 0. The van der Waals surface area contributed by atoms with Gasteiger partial charge >= 0.3 is 6.18 Å². The van der Waals surface area contributed by atoms with Gasteiger partial charge in [0.05, 0.1) is 6.10 Å². The maximum Gasteiger partial charge on any atom is 0.408 e. The highest BCUT2D eigenvalue weighted by Crippen LogP contribution is 2.34. The summed E-state index contributed by atoms with van der Waals surface area (Å²) in [5.74, 6) is 0.511. The zero-order valence-electron chi connectivity index (χ0n) is 15.3. The molecule has 0 unspecified atom stereocenters. The summed E-state index contributed by atoms with van der Waals surface area (Å²) in [5, 5.41) is 4.15. The number of alkyl halides is 3. The van der Waals surface area contributed by atoms with Gasteiger partial charge in [-0.2, -0.15) is 18.3 Å². The fourth-order valence-corrected chi connectivity index (χ4v) is 3.54. The van der Waals surface area contributed by atoms with Gasteiger partial charge in [0, 0.05) is 24.1 Å². The van der Waals surface area contributed by atoms with Crippen LogP contribution < -0.4 is 5.73 Å². The Morgan fingerprint density at radius 2 is 1.96 bits per heavy atom. The van der Waals surface area contributed by atoms with Crippen molar-refractivity contribution in [2.24, 2.45) is 5.73 Å². The number of benzene rings is 1. The maximum absolute atomic E-state index is 13.0. The van der Waals surface area contributed by atoms with Crippen LogP contribution in [-0.2, 0) is 11.3 Å². The van der Waals surface area contributed by atoms with Crippen LogP contribution in [0.5, 0.6) is 0 Å². The predicted octanol–water partition coefficient (Wildman–Crippen LogP) is 3.90. The van der Waals surface area contributed by atoms with E-state index in [1.165, 1.54) is 0 Å². The first-order valence-corrected chi connectivity index (χ1v) is 9.31. The molecule has 8 heteroatoms. The van der Waals surface area contributed by atoms with E-state index in [0.29, 0.717) is 43.1 Å². The van der Waals surface area contributed by atoms with Crippen molar-refractivity contribution in [3.05, 3.63) is 36.2 Å². The minimum Gasteiger partial charge on any atom is -0.377 e. The summed E-state index contributed by atoms with van der Waals surface area (Å²) in [6.07, 6.45) is -1.56. The second-order valence-corrected chi connectivity index (χ2v) is 7.02. The number of aromatic nitrogens is 3. The summed E-state index contributed by atoms with van der Waals surface area (Å²) in [4.78, 5) is 4.47. The molecule has 1 heterocycles. The van der Waals surface area contributed by atoms with E-state index in [1.54, 1.807) is 12.1 Å². The zero-order valence-corrected chi connectivity index (χ0v) is 15.3. The Kier molecular flexibility index (Phi) is 6.16. The van der Waals surface area contributed by atoms with Crippen LogP contribution in [0.1, 0.15) is 44.3 Å². The number of nitrogens with two attached hydrogens (primary N) is 1. The monoisotopic (exact) mass is 382 g/mol. The van der Waals surface area contributed by atoms with Crippen LogP contribution in [0.2, 0.25) is 0 Å². The summed E-state index contributed by atoms with van der Waals surface area (Å²) in [5.41, 5.74) is 6.94. The van der Waals surface area contributed by atoms with Crippen LogP contribution in [-0.4, -0.2) is 39.7 Å². The molecule has 3 rings (SSSR count). The van der Waals surface area contributed by atoms with Gasteiger partial charge < -0.3 is 10.5 Å². The number of hydrogen-bond acceptors (Lipinski definition) is 4. The van der Waals surface area contributed by atoms with Gasteiger partial charge in [-0.3, -0.25) is 0 Å². The van der Waals surface area contributed by atoms with Crippen molar-refractivity contribution >= 4 is 0 Å². The fraction of sp³-hybridized carbons (Fsp3) is 0.579. The quantitative estimate of drug-likeness (QED) is 0.823. The first-order chi connectivity index (χ1) is 12.9. The van der Waals surface area contributed by atoms with Gasteiger partial charge in [-0.05, 0) is 25.7 Å². The van der Waals surface area contributed by atoms with E-state index in [0.717, 1.165) is 11.1 Å². The predicted molar refractivity (Wildman–Crippen MR) is 96.1 cm³/mol. The van der Waals surface area contributed by atoms with Crippen LogP contribution in [0.3, 0.4) is 0 Å². The van der Waals surface area contributed by atoms with E-state index in [4.69, 9.17) is 10.5 Å². The van der Waals surface area contributed by atoms with Gasteiger partial charge in [-0.25, -0.2) is 9.67 Å². The highest BCUT2D eigenvalue weighted by molar-refractivity contribution is 5.54. The lowest BCUT2D eigenvalue weighted by atomic mass is 9.83. The largest absolute Gasteiger partial charge is 0.408 e. The van der Waals surface area contributed by atoms with Gasteiger partial charge in [-0.1, -0.05) is 37.3 Å². The molecule has 0 spiro atoms. The number of hydrogen-bond donors (Lipinski definition) is 1. The normalized spacial score (nSPS) is 23.5. The Hall–Kier alpha value is -1.93. The SMILES string of the molecule is CCCO[C@@H]1CC[C@H](c2nc(-c3ccccc3)nn2CC(F)(F)F)C[C@H]1N. The lowest BCUT2D eigenvalue weighted by Gasteiger charge is -2.33. The Bertz CT molecular complexity index is 732. The van der Waals surface area contributed by atoms with Crippen molar-refractivity contribution < 1.29 is 17.9 Å². The molecule has 2 N–H and O–H groups in total. The number of ether oxygens (including phenoxy) is 1. The first-order valence-electron chi connectivity index (χ1n) is 9.31. The van der Waals surface area contributed by atoms with Crippen molar-refractivity contribution in [2.75, 3.05) is 6.61 Å². The van der Waals surface area contributed by atoms with Crippen molar-refractivity contribution in [1.82, 2.24) is 14.8 Å². The lowest BCUT2D eigenvalue weighted by molar-refractivity contribution is -0.143. The van der Waals surface area contributed by atoms with Crippen molar-refractivity contribution in [2.45, 2.75) is 63.4 Å². The second-order valence-electron chi connectivity index (χ2n) is 7.02. The van der Waals surface area contributed by atoms with E-state index in [-0.39, 0.29) is 18.1 Å². The highest BCUT2D eigenvalue weighted by Gasteiger charge is 2.35. The number of halogens is 3. The standard InChI is InChI=1S/C19H25F3N4O/c1-2-10-27-16-9-8-14(11-15(16)23)18-24-17(13-6-4-3-5-7-13)25-26(18)12-19(20,21)22/h3-7,14-16H,2,8-12,23H2,1H3/t14-,15+,16+/m0/s1. The summed E-state index contributed by atoms with van der Waals surface area (Å²) in [6.45, 7) is 1.52. The molecule has 1 aliphatic rings. The molecular weight excluding hydrogens is 357 g/mol. The molecule has 0 amide bonds. The summed E-state index contributed by atoms with van der Waals surface area (Å²) < 4.78 is 45.9. The smallest absolute Gasteiger partial charge is 0.377 e. The topological polar surface area (TPSA) is 66.0 Å². The molecule has 0 bridgehead atoms. The number of rotatable bonds is 6. The van der Waals surface area contributed by atoms with E-state index >= 15 is 0 Å². The van der Waals surface area contributed by atoms with E-state index in [9.17, 15) is 13.2 Å². The van der Waals surface area contributed by atoms with E-state index < -0.39 is 12.7 Å². The zero-order chi connectivity index (χ0) is 19.4. The van der Waals surface area contributed by atoms with Crippen LogP contribution in [0.15, 0.2) is 30.3 Å². The van der Waals surface area contributed by atoms with Crippen LogP contribution >= 0.6 is 0 Å². The molecule has 27 heavy (non-hydrogen) atoms. The molecule has 1 aromatic carbocycles. The molecule has 148 valence electrons. The fourth-order valence-electron chi connectivity index (χ4n) is 3.54. The van der Waals surface area contributed by atoms with Gasteiger partial charge in [0.1, 0.15) is 12.4 Å². The molecule has 1 saturated carbocycles. The second kappa shape index (κ2) is 8.39. The molecule has 1 fully saturated rings. The van der Waals surface area contributed by atoms with Gasteiger partial charge in [-0.15, -0.1) is 0 Å². The molecule has 0 radical (unpaired) electrons. The highest BCUT2D eigenvalue weighted by atomic mass is 19.4. The van der Waals surface area contributed by atoms with Crippen LogP contribution in [0.4, 0.5) is 13.2 Å². The first kappa shape index (κ1) is 19.8. The van der Waals surface area contributed by atoms with Crippen LogP contribution in [0.25, 0.3) is 11.4 Å². The lowest BCUT2D eigenvalue weighted by Crippen LogP contribution is -2.42. The van der Waals surface area contributed by atoms with Crippen molar-refractivity contribution in [3.8, 4) is 11.4 Å². The third-order valence-electron chi connectivity index (χ3n) is 4.80. The minimum atomic E-state index is -4.36. The molecule has 1 aliphatic carbocycles. The third kappa shape index (κ3) is 5.07. The molecule has 1 aromatic heterocycles.